The molecule has 8 heteroatoms. The van der Waals surface area contributed by atoms with Crippen LogP contribution in [-0.2, 0) is 42.1 Å². The standard InChI is InChI=1S/C19H37NS2.CH3NOS.2Mo/c1-2-3-4-5-6-7-8-9-10-11-12-13-14-15-16-17-18-20-19(21)22;2-1(3)4;;/h9-10H,2-8,11-18H2,1H3,(H2,20,21,22);(H3,2,3,4);;/p-1/b10-9-;;;. The fourth-order valence-corrected chi connectivity index (χ4v) is 2.78. The van der Waals surface area contributed by atoms with Gasteiger partial charge in [0.1, 0.15) is 9.56 Å². The van der Waals surface area contributed by atoms with Crippen molar-refractivity contribution in [3.05, 3.63) is 17.9 Å². The van der Waals surface area contributed by atoms with E-state index in [1.807, 2.05) is 0 Å². The first-order valence-electron chi connectivity index (χ1n) is 10.1. The van der Waals surface area contributed by atoms with Crippen molar-refractivity contribution < 1.29 is 46.9 Å². The SMILES string of the molecule is CCCCCCCC/C=C\CCCCCCCCNC(=S)S.[Mo].[Mo].[NH-]C(=O)S. The molecule has 0 rings (SSSR count). The van der Waals surface area contributed by atoms with Crippen molar-refractivity contribution in [2.24, 2.45) is 0 Å². The Bertz CT molecular complexity index is 356. The molecule has 0 aromatic carbocycles. The van der Waals surface area contributed by atoms with Crippen LogP contribution in [0.5, 0.6) is 0 Å². The Hall–Kier alpha value is 1.18. The Morgan fingerprint density at radius 3 is 1.57 bits per heavy atom. The average molecular weight is 612 g/mol. The Balaban J connectivity index is -0.000000435. The number of thiocarbonyl (C=S) groups is 1. The third-order valence-electron chi connectivity index (χ3n) is 3.96. The van der Waals surface area contributed by atoms with Crippen molar-refractivity contribution in [3.63, 3.8) is 0 Å². The molecule has 0 atom stereocenters. The molecule has 0 aliphatic rings. The fourth-order valence-electron chi connectivity index (χ4n) is 2.57. The monoisotopic (exact) mass is 615 g/mol. The summed E-state index contributed by atoms with van der Waals surface area (Å²) < 4.78 is 0.618. The maximum atomic E-state index is 8.98. The van der Waals surface area contributed by atoms with Crippen LogP contribution in [0, 0.1) is 0 Å². The van der Waals surface area contributed by atoms with Gasteiger partial charge < -0.3 is 15.8 Å². The quantitative estimate of drug-likeness (QED) is 0.0547. The minimum atomic E-state index is -0.889. The van der Waals surface area contributed by atoms with Crippen molar-refractivity contribution in [2.45, 2.75) is 96.8 Å². The Morgan fingerprint density at radius 2 is 1.18 bits per heavy atom. The minimum Gasteiger partial charge on any atom is -0.658 e. The number of unbranched alkanes of at least 4 members (excludes halogenated alkanes) is 12. The third kappa shape index (κ3) is 45.7. The molecule has 0 saturated carbocycles. The van der Waals surface area contributed by atoms with Crippen LogP contribution in [0.15, 0.2) is 12.2 Å². The van der Waals surface area contributed by atoms with E-state index in [1.54, 1.807) is 0 Å². The molecule has 0 radical (unpaired) electrons. The van der Waals surface area contributed by atoms with Crippen molar-refractivity contribution in [2.75, 3.05) is 6.54 Å². The van der Waals surface area contributed by atoms with Gasteiger partial charge in [-0.3, -0.25) is 0 Å². The molecule has 0 saturated heterocycles. The van der Waals surface area contributed by atoms with E-state index in [1.165, 1.54) is 89.9 Å². The topological polar surface area (TPSA) is 52.9 Å². The number of nitrogens with one attached hydrogen (secondary N) is 2. The Labute approximate surface area is 218 Å². The summed E-state index contributed by atoms with van der Waals surface area (Å²) >= 11 is 11.9. The molecular weight excluding hydrogens is 572 g/mol. The second-order valence-electron chi connectivity index (χ2n) is 6.47. The second kappa shape index (κ2) is 32.8. The number of carbonyl (C=O) groups is 1. The molecule has 0 spiro atoms. The molecule has 1 amide bonds. The summed E-state index contributed by atoms with van der Waals surface area (Å²) in [4.78, 5) is 8.98. The number of amides is 1. The summed E-state index contributed by atoms with van der Waals surface area (Å²) in [5.41, 5.74) is 5.81. The number of allylic oxidation sites excluding steroid dienone is 2. The van der Waals surface area contributed by atoms with Crippen LogP contribution < -0.4 is 5.32 Å². The van der Waals surface area contributed by atoms with Crippen LogP contribution in [0.3, 0.4) is 0 Å². The summed E-state index contributed by atoms with van der Waals surface area (Å²) in [5.74, 6) is 0. The first-order chi connectivity index (χ1) is 12.5. The normalized spacial score (nSPS) is 9.68. The van der Waals surface area contributed by atoms with Crippen molar-refractivity contribution >= 4 is 47.0 Å². The molecule has 3 nitrogen and oxygen atoms in total. The Kier molecular flexibility index (Phi) is 42.8. The zero-order valence-electron chi connectivity index (χ0n) is 17.3. The predicted molar refractivity (Wildman–Crippen MR) is 128 cm³/mol. The van der Waals surface area contributed by atoms with Gasteiger partial charge in [-0.25, -0.2) is 0 Å². The molecule has 0 fully saturated rings. The van der Waals surface area contributed by atoms with Gasteiger partial charge in [0.05, 0.1) is 0 Å². The van der Waals surface area contributed by atoms with E-state index in [0.717, 1.165) is 6.54 Å². The van der Waals surface area contributed by atoms with E-state index in [9.17, 15) is 0 Å². The largest absolute Gasteiger partial charge is 0.658 e. The van der Waals surface area contributed by atoms with Gasteiger partial charge >= 0.3 is 0 Å². The molecule has 0 heterocycles. The molecule has 0 aromatic rings. The van der Waals surface area contributed by atoms with Crippen molar-refractivity contribution in [1.29, 1.82) is 0 Å². The predicted octanol–water partition coefficient (Wildman–Crippen LogP) is 7.91. The summed E-state index contributed by atoms with van der Waals surface area (Å²) in [6.45, 7) is 3.25. The molecule has 166 valence electrons. The molecule has 0 bridgehead atoms. The fraction of sp³-hybridized carbons (Fsp3) is 0.800. The van der Waals surface area contributed by atoms with Gasteiger partial charge in [-0.1, -0.05) is 89.1 Å². The molecular formula is C20H39Mo2N2OS3-. The van der Waals surface area contributed by atoms with Crippen molar-refractivity contribution in [3.8, 4) is 0 Å². The van der Waals surface area contributed by atoms with Gasteiger partial charge in [0.2, 0.25) is 0 Å². The van der Waals surface area contributed by atoms with Crippen LogP contribution in [0.25, 0.3) is 5.73 Å². The van der Waals surface area contributed by atoms with Gasteiger partial charge in [-0.2, -0.15) is 0 Å². The number of rotatable bonds is 16. The zero-order chi connectivity index (χ0) is 19.9. The number of carbonyl (C=O) groups excluding carboxylic acids is 1. The zero-order valence-corrected chi connectivity index (χ0v) is 23.9. The Morgan fingerprint density at radius 1 is 0.821 bits per heavy atom. The van der Waals surface area contributed by atoms with Crippen LogP contribution in [0.2, 0.25) is 0 Å². The molecule has 2 N–H and O–H groups in total. The van der Waals surface area contributed by atoms with E-state index in [2.05, 4.69) is 49.7 Å². The van der Waals surface area contributed by atoms with Crippen LogP contribution in [-0.4, -0.2) is 16.1 Å². The molecule has 0 aliphatic carbocycles. The first-order valence-corrected chi connectivity index (χ1v) is 11.4. The van der Waals surface area contributed by atoms with E-state index < -0.39 is 5.24 Å². The van der Waals surface area contributed by atoms with Crippen LogP contribution >= 0.6 is 37.5 Å². The van der Waals surface area contributed by atoms with Crippen LogP contribution in [0.1, 0.15) is 96.8 Å². The van der Waals surface area contributed by atoms with E-state index in [4.69, 9.17) is 22.7 Å². The smallest absolute Gasteiger partial charge is 0.130 e. The van der Waals surface area contributed by atoms with Gasteiger partial charge in [-0.15, -0.1) is 25.3 Å². The summed E-state index contributed by atoms with van der Waals surface area (Å²) in [6.07, 6.45) is 23.7. The maximum Gasteiger partial charge on any atom is 0.130 e. The number of thiol groups is 2. The van der Waals surface area contributed by atoms with E-state index in [0.29, 0.717) is 4.32 Å². The third-order valence-corrected chi connectivity index (χ3v) is 4.27. The van der Waals surface area contributed by atoms with Crippen molar-refractivity contribution in [1.82, 2.24) is 5.32 Å². The first kappa shape index (κ1) is 36.5. The van der Waals surface area contributed by atoms with Gasteiger partial charge in [0.15, 0.2) is 0 Å². The maximum absolute atomic E-state index is 8.98. The van der Waals surface area contributed by atoms with E-state index in [-0.39, 0.29) is 42.1 Å². The van der Waals surface area contributed by atoms with Gasteiger partial charge in [0, 0.05) is 48.7 Å². The molecule has 0 unspecified atom stereocenters. The van der Waals surface area contributed by atoms with Gasteiger partial charge in [-0.05, 0) is 32.1 Å². The summed E-state index contributed by atoms with van der Waals surface area (Å²) in [6, 6.07) is 0. The van der Waals surface area contributed by atoms with E-state index >= 15 is 0 Å². The molecule has 0 aliphatic heterocycles. The average Bonchev–Trinajstić information content (AvgIpc) is 2.57. The second-order valence-corrected chi connectivity index (χ2v) is 8.04. The number of hydrogen-bond donors (Lipinski definition) is 3. The summed E-state index contributed by atoms with van der Waals surface area (Å²) in [5, 5.41) is 2.19. The molecule has 28 heavy (non-hydrogen) atoms. The van der Waals surface area contributed by atoms with Gasteiger partial charge in [0.25, 0.3) is 0 Å². The number of hydrogen-bond acceptors (Lipinski definition) is 2. The molecule has 0 aromatic heterocycles. The van der Waals surface area contributed by atoms with Crippen LogP contribution in [0.4, 0.5) is 4.79 Å². The summed E-state index contributed by atoms with van der Waals surface area (Å²) in [7, 11) is 0. The minimum absolute atomic E-state index is 0.